The van der Waals surface area contributed by atoms with Crippen molar-refractivity contribution in [3.05, 3.63) is 0 Å². The van der Waals surface area contributed by atoms with Gasteiger partial charge in [0.1, 0.15) is 0 Å². The van der Waals surface area contributed by atoms with E-state index in [2.05, 4.69) is 13.8 Å². The number of rotatable bonds is 27. The number of carbonyl (C=O) groups is 2. The van der Waals surface area contributed by atoms with Crippen LogP contribution in [0.3, 0.4) is 0 Å². The molecule has 0 saturated heterocycles. The van der Waals surface area contributed by atoms with Crippen LogP contribution in [0, 0.1) is 5.41 Å². The maximum atomic E-state index is 12.4. The smallest absolute Gasteiger partial charge is 0.322 e. The monoisotopic (exact) mass is 510 g/mol. The molecule has 0 aliphatic rings. The van der Waals surface area contributed by atoms with Crippen molar-refractivity contribution < 1.29 is 19.1 Å². The standard InChI is InChI=1S/C32H62O4/c1-5-7-9-11-13-15-17-19-21-23-25-27-29-36-31(34)32(3,4)30(33)35-28-26-24-22-20-18-16-14-12-10-8-6-2/h5-29H2,1-4H3. The van der Waals surface area contributed by atoms with Gasteiger partial charge in [-0.25, -0.2) is 0 Å². The molecule has 0 aliphatic carbocycles. The van der Waals surface area contributed by atoms with E-state index < -0.39 is 17.4 Å². The summed E-state index contributed by atoms with van der Waals surface area (Å²) in [5.41, 5.74) is -1.23. The van der Waals surface area contributed by atoms with Crippen LogP contribution in [0.25, 0.3) is 0 Å². The van der Waals surface area contributed by atoms with Crippen molar-refractivity contribution in [2.75, 3.05) is 13.2 Å². The summed E-state index contributed by atoms with van der Waals surface area (Å²) in [6.07, 6.45) is 29.1. The van der Waals surface area contributed by atoms with Gasteiger partial charge in [-0.15, -0.1) is 0 Å². The summed E-state index contributed by atoms with van der Waals surface area (Å²) < 4.78 is 10.8. The highest BCUT2D eigenvalue weighted by molar-refractivity contribution is 5.99. The third kappa shape index (κ3) is 21.1. The molecule has 0 amide bonds. The molecule has 4 heteroatoms. The van der Waals surface area contributed by atoms with Crippen molar-refractivity contribution in [3.8, 4) is 0 Å². The maximum absolute atomic E-state index is 12.4. The molecule has 0 spiro atoms. The van der Waals surface area contributed by atoms with Gasteiger partial charge in [0.15, 0.2) is 5.41 Å². The van der Waals surface area contributed by atoms with Crippen LogP contribution in [0.4, 0.5) is 0 Å². The fourth-order valence-corrected chi connectivity index (χ4v) is 4.48. The van der Waals surface area contributed by atoms with Crippen molar-refractivity contribution in [1.82, 2.24) is 0 Å². The zero-order valence-corrected chi connectivity index (χ0v) is 24.8. The second-order valence-corrected chi connectivity index (χ2v) is 11.3. The molecule has 0 radical (unpaired) electrons. The molecule has 0 fully saturated rings. The molecule has 0 N–H and O–H groups in total. The molecule has 36 heavy (non-hydrogen) atoms. The lowest BCUT2D eigenvalue weighted by atomic mass is 9.94. The Morgan fingerprint density at radius 1 is 0.417 bits per heavy atom. The van der Waals surface area contributed by atoms with Crippen LogP contribution in [-0.2, 0) is 19.1 Å². The van der Waals surface area contributed by atoms with E-state index in [0.29, 0.717) is 13.2 Å². The van der Waals surface area contributed by atoms with E-state index in [0.717, 1.165) is 25.7 Å². The van der Waals surface area contributed by atoms with Crippen LogP contribution in [0.15, 0.2) is 0 Å². The highest BCUT2D eigenvalue weighted by atomic mass is 16.6. The first kappa shape index (κ1) is 34.9. The molecule has 4 nitrogen and oxygen atoms in total. The average molecular weight is 511 g/mol. The lowest BCUT2D eigenvalue weighted by Crippen LogP contribution is -2.37. The summed E-state index contributed by atoms with van der Waals surface area (Å²) in [6.45, 7) is 8.53. The highest BCUT2D eigenvalue weighted by Gasteiger charge is 2.39. The Kier molecular flexibility index (Phi) is 24.8. The number of ether oxygens (including phenoxy) is 2. The van der Waals surface area contributed by atoms with Gasteiger partial charge in [-0.3, -0.25) is 9.59 Å². The van der Waals surface area contributed by atoms with Crippen molar-refractivity contribution in [3.63, 3.8) is 0 Å². The molecule has 0 bridgehead atoms. The second kappa shape index (κ2) is 25.6. The maximum Gasteiger partial charge on any atom is 0.322 e. The number of hydrogen-bond acceptors (Lipinski definition) is 4. The third-order valence-corrected chi connectivity index (χ3v) is 7.23. The zero-order chi connectivity index (χ0) is 26.7. The zero-order valence-electron chi connectivity index (χ0n) is 24.8. The molecule has 0 aromatic heterocycles. The quantitative estimate of drug-likeness (QED) is 0.0626. The summed E-state index contributed by atoms with van der Waals surface area (Å²) in [4.78, 5) is 24.8. The molecular formula is C32H62O4. The molecule has 0 aromatic rings. The number of unbranched alkanes of at least 4 members (excludes halogenated alkanes) is 21. The normalized spacial score (nSPS) is 11.6. The lowest BCUT2D eigenvalue weighted by Gasteiger charge is -2.20. The summed E-state index contributed by atoms with van der Waals surface area (Å²) >= 11 is 0. The Hall–Kier alpha value is -1.06. The van der Waals surface area contributed by atoms with Gasteiger partial charge < -0.3 is 9.47 Å². The largest absolute Gasteiger partial charge is 0.465 e. The highest BCUT2D eigenvalue weighted by Crippen LogP contribution is 2.21. The Bertz CT molecular complexity index is 500. The predicted octanol–water partition coefficient (Wildman–Crippen LogP) is 10.1. The van der Waals surface area contributed by atoms with Crippen molar-refractivity contribution in [2.45, 2.75) is 175 Å². The van der Waals surface area contributed by atoms with Gasteiger partial charge in [0.25, 0.3) is 0 Å². The van der Waals surface area contributed by atoms with E-state index in [9.17, 15) is 9.59 Å². The number of carbonyl (C=O) groups excluding carboxylic acids is 2. The Morgan fingerprint density at radius 3 is 0.889 bits per heavy atom. The Balaban J connectivity index is 3.61. The number of esters is 2. The molecule has 0 rings (SSSR count). The van der Waals surface area contributed by atoms with E-state index in [1.165, 1.54) is 122 Å². The van der Waals surface area contributed by atoms with Gasteiger partial charge in [0.2, 0.25) is 0 Å². The summed E-state index contributed by atoms with van der Waals surface area (Å²) in [6, 6.07) is 0. The molecular weight excluding hydrogens is 448 g/mol. The van der Waals surface area contributed by atoms with Gasteiger partial charge in [-0.05, 0) is 26.7 Å². The molecule has 0 atom stereocenters. The van der Waals surface area contributed by atoms with Crippen LogP contribution in [0.5, 0.6) is 0 Å². The van der Waals surface area contributed by atoms with Gasteiger partial charge in [-0.2, -0.15) is 0 Å². The molecule has 0 aliphatic heterocycles. The SMILES string of the molecule is CCCCCCCCCCCCCCOC(=O)C(C)(C)C(=O)OCCCCCCCCCCCCC. The van der Waals surface area contributed by atoms with E-state index in [1.54, 1.807) is 13.8 Å². The average Bonchev–Trinajstić information content (AvgIpc) is 2.87. The first-order valence-corrected chi connectivity index (χ1v) is 15.8. The first-order valence-electron chi connectivity index (χ1n) is 15.8. The van der Waals surface area contributed by atoms with Gasteiger partial charge in [0.05, 0.1) is 13.2 Å². The fourth-order valence-electron chi connectivity index (χ4n) is 4.48. The minimum absolute atomic E-state index is 0.394. The van der Waals surface area contributed by atoms with Crippen molar-refractivity contribution >= 4 is 11.9 Å². The first-order chi connectivity index (χ1) is 17.5. The predicted molar refractivity (Wildman–Crippen MR) is 153 cm³/mol. The summed E-state index contributed by atoms with van der Waals surface area (Å²) in [7, 11) is 0. The molecule has 0 aromatic carbocycles. The van der Waals surface area contributed by atoms with Crippen LogP contribution >= 0.6 is 0 Å². The van der Waals surface area contributed by atoms with Gasteiger partial charge in [-0.1, -0.05) is 149 Å². The minimum Gasteiger partial charge on any atom is -0.465 e. The van der Waals surface area contributed by atoms with Gasteiger partial charge >= 0.3 is 11.9 Å². The topological polar surface area (TPSA) is 52.6 Å². The van der Waals surface area contributed by atoms with Gasteiger partial charge in [0, 0.05) is 0 Å². The van der Waals surface area contributed by atoms with E-state index in [4.69, 9.17) is 9.47 Å². The minimum atomic E-state index is -1.23. The van der Waals surface area contributed by atoms with Crippen LogP contribution in [-0.4, -0.2) is 25.2 Å². The van der Waals surface area contributed by atoms with E-state index >= 15 is 0 Å². The lowest BCUT2D eigenvalue weighted by molar-refractivity contribution is -0.170. The van der Waals surface area contributed by atoms with Crippen LogP contribution < -0.4 is 0 Å². The summed E-state index contributed by atoms with van der Waals surface area (Å²) in [5.74, 6) is -0.927. The van der Waals surface area contributed by atoms with E-state index in [1.807, 2.05) is 0 Å². The molecule has 0 heterocycles. The fraction of sp³-hybridized carbons (Fsp3) is 0.938. The Morgan fingerprint density at radius 2 is 0.639 bits per heavy atom. The number of hydrogen-bond donors (Lipinski definition) is 0. The molecule has 214 valence electrons. The summed E-state index contributed by atoms with van der Waals surface area (Å²) in [5, 5.41) is 0. The van der Waals surface area contributed by atoms with Crippen molar-refractivity contribution in [2.24, 2.45) is 5.41 Å². The van der Waals surface area contributed by atoms with Crippen molar-refractivity contribution in [1.29, 1.82) is 0 Å². The van der Waals surface area contributed by atoms with Crippen LogP contribution in [0.2, 0.25) is 0 Å². The molecule has 0 saturated carbocycles. The molecule has 0 unspecified atom stereocenters. The third-order valence-electron chi connectivity index (χ3n) is 7.23. The van der Waals surface area contributed by atoms with E-state index in [-0.39, 0.29) is 0 Å². The Labute approximate surface area is 225 Å². The second-order valence-electron chi connectivity index (χ2n) is 11.3. The van der Waals surface area contributed by atoms with Crippen LogP contribution in [0.1, 0.15) is 175 Å².